The molecule has 2 aromatic carbocycles. The standard InChI is InChI=1S/C21H21F3N2O6/c1-3-32-15-10-12(6-9-14(15)27)17-16(18(28)11-4-7-13(31-2)8-5-11)20(30,21(22,23)24)26-19(29)25-17/h4-10,16-17,27,30H,3H2,1-2H3,(H2,25,26,29)/t16-,17+,20-/m0/s1. The van der Waals surface area contributed by atoms with Gasteiger partial charge in [0.05, 0.1) is 19.8 Å². The van der Waals surface area contributed by atoms with E-state index >= 15 is 0 Å². The molecule has 1 aliphatic rings. The van der Waals surface area contributed by atoms with Crippen LogP contribution in [0.5, 0.6) is 17.2 Å². The summed E-state index contributed by atoms with van der Waals surface area (Å²) in [7, 11) is 1.39. The van der Waals surface area contributed by atoms with Gasteiger partial charge in [-0.05, 0) is 48.9 Å². The van der Waals surface area contributed by atoms with Crippen LogP contribution in [0.1, 0.15) is 28.9 Å². The number of benzene rings is 2. The summed E-state index contributed by atoms with van der Waals surface area (Å²) in [5.41, 5.74) is -3.97. The third-order valence-electron chi connectivity index (χ3n) is 5.11. The Morgan fingerprint density at radius 2 is 1.84 bits per heavy atom. The molecule has 2 aromatic rings. The van der Waals surface area contributed by atoms with Crippen molar-refractivity contribution in [2.45, 2.75) is 24.9 Å². The van der Waals surface area contributed by atoms with Gasteiger partial charge >= 0.3 is 12.2 Å². The lowest BCUT2D eigenvalue weighted by atomic mass is 9.77. The Balaban J connectivity index is 2.15. The van der Waals surface area contributed by atoms with Crippen molar-refractivity contribution >= 4 is 11.8 Å². The highest BCUT2D eigenvalue weighted by Crippen LogP contribution is 2.45. The topological polar surface area (TPSA) is 117 Å². The number of hydrogen-bond acceptors (Lipinski definition) is 6. The van der Waals surface area contributed by atoms with E-state index in [0.717, 1.165) is 6.07 Å². The molecule has 1 saturated heterocycles. The number of Topliss-reactive ketones (excluding diaryl/α,β-unsaturated/α-hetero) is 1. The molecule has 11 heteroatoms. The number of aliphatic hydroxyl groups is 1. The number of ether oxygens (including phenoxy) is 2. The van der Waals surface area contributed by atoms with Gasteiger partial charge in [-0.1, -0.05) is 6.07 Å². The second-order valence-electron chi connectivity index (χ2n) is 7.07. The van der Waals surface area contributed by atoms with E-state index in [1.54, 1.807) is 6.92 Å². The summed E-state index contributed by atoms with van der Waals surface area (Å²) in [5.74, 6) is -3.23. The monoisotopic (exact) mass is 454 g/mol. The number of alkyl halides is 3. The van der Waals surface area contributed by atoms with Gasteiger partial charge in [0.2, 0.25) is 5.72 Å². The number of carbonyl (C=O) groups excluding carboxylic acids is 2. The van der Waals surface area contributed by atoms with E-state index < -0.39 is 35.7 Å². The van der Waals surface area contributed by atoms with Crippen molar-refractivity contribution in [2.75, 3.05) is 13.7 Å². The fourth-order valence-electron chi connectivity index (χ4n) is 3.55. The number of phenols is 1. The summed E-state index contributed by atoms with van der Waals surface area (Å²) in [6.45, 7) is 1.78. The zero-order chi connectivity index (χ0) is 23.7. The molecule has 0 radical (unpaired) electrons. The molecule has 172 valence electrons. The molecule has 1 heterocycles. The zero-order valence-electron chi connectivity index (χ0n) is 17.1. The summed E-state index contributed by atoms with van der Waals surface area (Å²) in [6, 6.07) is 5.98. The minimum Gasteiger partial charge on any atom is -0.504 e. The SMILES string of the molecule is CCOc1cc([C@H]2NC(=O)N[C@@](O)(C(F)(F)F)[C@@H]2C(=O)c2ccc(OC)cc2)ccc1O. The van der Waals surface area contributed by atoms with Crippen LogP contribution in [-0.2, 0) is 0 Å². The van der Waals surface area contributed by atoms with Gasteiger partial charge in [-0.3, -0.25) is 4.79 Å². The highest BCUT2D eigenvalue weighted by atomic mass is 19.4. The predicted molar refractivity (Wildman–Crippen MR) is 106 cm³/mol. The minimum atomic E-state index is -5.38. The number of nitrogens with one attached hydrogen (secondary N) is 2. The van der Waals surface area contributed by atoms with Crippen LogP contribution in [0.25, 0.3) is 0 Å². The van der Waals surface area contributed by atoms with Crippen molar-refractivity contribution in [3.63, 3.8) is 0 Å². The molecule has 4 N–H and O–H groups in total. The molecule has 0 bridgehead atoms. The minimum absolute atomic E-state index is 0.0237. The van der Waals surface area contributed by atoms with Crippen LogP contribution in [0, 0.1) is 5.92 Å². The maximum atomic E-state index is 14.0. The molecular weight excluding hydrogens is 433 g/mol. The van der Waals surface area contributed by atoms with Crippen LogP contribution in [0.2, 0.25) is 0 Å². The summed E-state index contributed by atoms with van der Waals surface area (Å²) in [4.78, 5) is 25.3. The van der Waals surface area contributed by atoms with Gasteiger partial charge in [-0.15, -0.1) is 0 Å². The molecule has 2 amide bonds. The first kappa shape index (κ1) is 23.2. The lowest BCUT2D eigenvalue weighted by Crippen LogP contribution is -2.72. The summed E-state index contributed by atoms with van der Waals surface area (Å²) >= 11 is 0. The number of phenolic OH excluding ortho intramolecular Hbond substituents is 1. The second kappa shape index (κ2) is 8.58. The Labute approximate surface area is 181 Å². The third-order valence-corrected chi connectivity index (χ3v) is 5.11. The fraction of sp³-hybridized carbons (Fsp3) is 0.333. The Kier molecular flexibility index (Phi) is 6.22. The van der Waals surface area contributed by atoms with Gasteiger partial charge in [-0.25, -0.2) is 4.79 Å². The van der Waals surface area contributed by atoms with Crippen molar-refractivity contribution in [2.24, 2.45) is 5.92 Å². The normalized spacial score (nSPS) is 23.1. The van der Waals surface area contributed by atoms with Crippen LogP contribution in [0.15, 0.2) is 42.5 Å². The van der Waals surface area contributed by atoms with Crippen LogP contribution < -0.4 is 20.1 Å². The molecule has 1 aliphatic heterocycles. The van der Waals surface area contributed by atoms with Crippen molar-refractivity contribution in [3.8, 4) is 17.2 Å². The van der Waals surface area contributed by atoms with E-state index in [4.69, 9.17) is 9.47 Å². The molecule has 0 aromatic heterocycles. The number of methoxy groups -OCH3 is 1. The Hall–Kier alpha value is -3.47. The first-order chi connectivity index (χ1) is 15.0. The van der Waals surface area contributed by atoms with Crippen LogP contribution >= 0.6 is 0 Å². The molecular formula is C21H21F3N2O6. The van der Waals surface area contributed by atoms with E-state index in [1.165, 1.54) is 48.8 Å². The molecule has 32 heavy (non-hydrogen) atoms. The predicted octanol–water partition coefficient (Wildman–Crippen LogP) is 2.90. The molecule has 3 rings (SSSR count). The molecule has 0 spiro atoms. The summed E-state index contributed by atoms with van der Waals surface area (Å²) in [5, 5.41) is 24.3. The average Bonchev–Trinajstić information content (AvgIpc) is 2.74. The largest absolute Gasteiger partial charge is 0.504 e. The summed E-state index contributed by atoms with van der Waals surface area (Å²) < 4.78 is 52.2. The number of aromatic hydroxyl groups is 1. The van der Waals surface area contributed by atoms with E-state index in [-0.39, 0.29) is 29.2 Å². The lowest BCUT2D eigenvalue weighted by Gasteiger charge is -2.45. The number of rotatable bonds is 6. The number of ketones is 1. The first-order valence-corrected chi connectivity index (χ1v) is 9.53. The van der Waals surface area contributed by atoms with Crippen LogP contribution in [0.4, 0.5) is 18.0 Å². The molecule has 3 atom stereocenters. The smallest absolute Gasteiger partial charge is 0.437 e. The quantitative estimate of drug-likeness (QED) is 0.499. The number of carbonyl (C=O) groups is 2. The average molecular weight is 454 g/mol. The van der Waals surface area contributed by atoms with Crippen molar-refractivity contribution in [1.29, 1.82) is 0 Å². The van der Waals surface area contributed by atoms with Crippen molar-refractivity contribution < 1.29 is 42.4 Å². The van der Waals surface area contributed by atoms with Crippen molar-refractivity contribution in [1.82, 2.24) is 10.6 Å². The Bertz CT molecular complexity index is 1010. The number of urea groups is 1. The third kappa shape index (κ3) is 4.15. The van der Waals surface area contributed by atoms with Crippen LogP contribution in [-0.4, -0.2) is 47.6 Å². The Morgan fingerprint density at radius 1 is 1.19 bits per heavy atom. The number of hydrogen-bond donors (Lipinski definition) is 4. The van der Waals surface area contributed by atoms with E-state index in [1.807, 2.05) is 0 Å². The van der Waals surface area contributed by atoms with Gasteiger partial charge in [0.15, 0.2) is 17.3 Å². The van der Waals surface area contributed by atoms with E-state index in [0.29, 0.717) is 5.75 Å². The van der Waals surface area contributed by atoms with Gasteiger partial charge in [0, 0.05) is 5.56 Å². The van der Waals surface area contributed by atoms with Gasteiger partial charge in [-0.2, -0.15) is 13.2 Å². The van der Waals surface area contributed by atoms with E-state index in [2.05, 4.69) is 5.32 Å². The maximum absolute atomic E-state index is 14.0. The zero-order valence-corrected chi connectivity index (χ0v) is 17.1. The lowest BCUT2D eigenvalue weighted by molar-refractivity contribution is -0.287. The molecule has 0 saturated carbocycles. The number of halogens is 3. The molecule has 1 fully saturated rings. The maximum Gasteiger partial charge on any atom is 0.437 e. The highest BCUT2D eigenvalue weighted by Gasteiger charge is 2.66. The number of amides is 2. The highest BCUT2D eigenvalue weighted by molar-refractivity contribution is 6.00. The fourth-order valence-corrected chi connectivity index (χ4v) is 3.55. The van der Waals surface area contributed by atoms with E-state index in [9.17, 15) is 33.0 Å². The Morgan fingerprint density at radius 3 is 2.41 bits per heavy atom. The van der Waals surface area contributed by atoms with Crippen molar-refractivity contribution in [3.05, 3.63) is 53.6 Å². The van der Waals surface area contributed by atoms with Gasteiger partial charge < -0.3 is 30.3 Å². The van der Waals surface area contributed by atoms with Crippen LogP contribution in [0.3, 0.4) is 0 Å². The van der Waals surface area contributed by atoms with Gasteiger partial charge in [0.1, 0.15) is 11.7 Å². The second-order valence-corrected chi connectivity index (χ2v) is 7.07. The summed E-state index contributed by atoms with van der Waals surface area (Å²) in [6.07, 6.45) is -5.38. The molecule has 0 unspecified atom stereocenters. The first-order valence-electron chi connectivity index (χ1n) is 9.53. The van der Waals surface area contributed by atoms with Gasteiger partial charge in [0.25, 0.3) is 0 Å². The molecule has 0 aliphatic carbocycles. The molecule has 8 nitrogen and oxygen atoms in total.